The maximum absolute atomic E-state index is 12.9. The molecule has 2 aromatic rings. The summed E-state index contributed by atoms with van der Waals surface area (Å²) in [6.07, 6.45) is 1.70. The molecule has 1 amide bonds. The largest absolute Gasteiger partial charge is 0.355 e. The molecule has 26 heavy (non-hydrogen) atoms. The van der Waals surface area contributed by atoms with E-state index in [0.29, 0.717) is 18.8 Å². The van der Waals surface area contributed by atoms with Gasteiger partial charge in [0.2, 0.25) is 5.91 Å². The Morgan fingerprint density at radius 3 is 2.23 bits per heavy atom. The lowest BCUT2D eigenvalue weighted by atomic mass is 9.95. The van der Waals surface area contributed by atoms with E-state index in [1.54, 1.807) is 12.1 Å². The molecule has 3 rings (SSSR count). The Kier molecular flexibility index (Phi) is 5.29. The molecule has 1 heterocycles. The van der Waals surface area contributed by atoms with E-state index in [-0.39, 0.29) is 12.8 Å². The molecule has 0 aliphatic carbocycles. The van der Waals surface area contributed by atoms with Crippen LogP contribution in [0.2, 0.25) is 0 Å². The van der Waals surface area contributed by atoms with Gasteiger partial charge in [-0.05, 0) is 56.3 Å². The van der Waals surface area contributed by atoms with E-state index < -0.39 is 20.5 Å². The highest BCUT2D eigenvalue weighted by molar-refractivity contribution is 7.92. The van der Waals surface area contributed by atoms with Gasteiger partial charge in [0, 0.05) is 23.3 Å². The topological polar surface area (TPSA) is 87.3 Å². The summed E-state index contributed by atoms with van der Waals surface area (Å²) >= 11 is 0. The normalized spacial score (nSPS) is 16.7. The molecule has 0 unspecified atom stereocenters. The smallest absolute Gasteiger partial charge is 0.245 e. The first-order valence-electron chi connectivity index (χ1n) is 8.55. The van der Waals surface area contributed by atoms with Crippen LogP contribution in [0, 0.1) is 0 Å². The van der Waals surface area contributed by atoms with Crippen LogP contribution in [-0.4, -0.2) is 38.4 Å². The van der Waals surface area contributed by atoms with Crippen molar-refractivity contribution in [2.24, 2.45) is 0 Å². The van der Waals surface area contributed by atoms with Gasteiger partial charge in [-0.3, -0.25) is 4.79 Å². The van der Waals surface area contributed by atoms with Crippen LogP contribution in [0.15, 0.2) is 54.6 Å². The van der Waals surface area contributed by atoms with Gasteiger partial charge < -0.3 is 16.0 Å². The van der Waals surface area contributed by atoms with Crippen LogP contribution in [0.4, 0.5) is 17.1 Å². The number of nitrogens with one attached hydrogen (secondary N) is 3. The minimum atomic E-state index is -3.53. The molecule has 0 aromatic heterocycles. The van der Waals surface area contributed by atoms with Gasteiger partial charge in [-0.1, -0.05) is 24.3 Å². The SMILES string of the molecule is CS(=O)(=O)C1(C(=O)Nc2cccc(Nc3ccccc3)c2)CCNCC1. The molecular weight excluding hydrogens is 350 g/mol. The summed E-state index contributed by atoms with van der Waals surface area (Å²) in [4.78, 5) is 12.9. The van der Waals surface area contributed by atoms with Gasteiger partial charge in [0.15, 0.2) is 14.6 Å². The average molecular weight is 373 g/mol. The number of rotatable bonds is 5. The number of carbonyl (C=O) groups is 1. The van der Waals surface area contributed by atoms with Gasteiger partial charge in [-0.15, -0.1) is 0 Å². The second kappa shape index (κ2) is 7.47. The van der Waals surface area contributed by atoms with Crippen molar-refractivity contribution in [1.82, 2.24) is 5.32 Å². The Hall–Kier alpha value is -2.38. The lowest BCUT2D eigenvalue weighted by Crippen LogP contribution is -2.55. The first-order valence-corrected chi connectivity index (χ1v) is 10.4. The van der Waals surface area contributed by atoms with Crippen LogP contribution in [0.3, 0.4) is 0 Å². The predicted octanol–water partition coefficient (Wildman–Crippen LogP) is 2.54. The maximum Gasteiger partial charge on any atom is 0.245 e. The zero-order chi connectivity index (χ0) is 18.6. The van der Waals surface area contributed by atoms with Crippen molar-refractivity contribution in [3.63, 3.8) is 0 Å². The van der Waals surface area contributed by atoms with Gasteiger partial charge in [-0.2, -0.15) is 0 Å². The monoisotopic (exact) mass is 373 g/mol. The molecule has 1 saturated heterocycles. The lowest BCUT2D eigenvalue weighted by Gasteiger charge is -2.34. The molecule has 1 aliphatic rings. The highest BCUT2D eigenvalue weighted by atomic mass is 32.2. The Labute approximate surface area is 153 Å². The van der Waals surface area contributed by atoms with Crippen molar-refractivity contribution in [1.29, 1.82) is 0 Å². The van der Waals surface area contributed by atoms with E-state index in [0.717, 1.165) is 17.6 Å². The third-order valence-corrected chi connectivity index (χ3v) is 6.73. The van der Waals surface area contributed by atoms with Crippen LogP contribution >= 0.6 is 0 Å². The molecule has 7 heteroatoms. The van der Waals surface area contributed by atoms with Crippen LogP contribution in [0.25, 0.3) is 0 Å². The fourth-order valence-corrected chi connectivity index (χ4v) is 4.54. The van der Waals surface area contributed by atoms with Gasteiger partial charge in [0.25, 0.3) is 0 Å². The summed E-state index contributed by atoms with van der Waals surface area (Å²) < 4.78 is 23.3. The van der Waals surface area contributed by atoms with Gasteiger partial charge in [0.05, 0.1) is 0 Å². The Morgan fingerprint density at radius 2 is 1.58 bits per heavy atom. The summed E-state index contributed by atoms with van der Waals surface area (Å²) in [5, 5.41) is 9.17. The number of benzene rings is 2. The lowest BCUT2D eigenvalue weighted by molar-refractivity contribution is -0.119. The average Bonchev–Trinajstić information content (AvgIpc) is 2.62. The second-order valence-electron chi connectivity index (χ2n) is 6.54. The van der Waals surface area contributed by atoms with Crippen LogP contribution < -0.4 is 16.0 Å². The zero-order valence-corrected chi connectivity index (χ0v) is 15.5. The Morgan fingerprint density at radius 1 is 0.962 bits per heavy atom. The minimum absolute atomic E-state index is 0.277. The summed E-state index contributed by atoms with van der Waals surface area (Å²) in [6.45, 7) is 1.02. The van der Waals surface area contributed by atoms with E-state index in [2.05, 4.69) is 16.0 Å². The number of hydrogen-bond donors (Lipinski definition) is 3. The fraction of sp³-hybridized carbons (Fsp3) is 0.316. The number of hydrogen-bond acceptors (Lipinski definition) is 5. The van der Waals surface area contributed by atoms with Crippen molar-refractivity contribution in [2.75, 3.05) is 30.0 Å². The third kappa shape index (κ3) is 3.89. The van der Waals surface area contributed by atoms with Crippen molar-refractivity contribution in [3.05, 3.63) is 54.6 Å². The second-order valence-corrected chi connectivity index (χ2v) is 8.87. The van der Waals surface area contributed by atoms with Gasteiger partial charge >= 0.3 is 0 Å². The third-order valence-electron chi connectivity index (χ3n) is 4.72. The first kappa shape index (κ1) is 18.4. The fourth-order valence-electron chi connectivity index (χ4n) is 3.20. The van der Waals surface area contributed by atoms with Crippen LogP contribution in [-0.2, 0) is 14.6 Å². The molecule has 6 nitrogen and oxygen atoms in total. The summed E-state index contributed by atoms with van der Waals surface area (Å²) in [6, 6.07) is 16.9. The minimum Gasteiger partial charge on any atom is -0.355 e. The van der Waals surface area contributed by atoms with Crippen molar-refractivity contribution < 1.29 is 13.2 Å². The van der Waals surface area contributed by atoms with E-state index in [4.69, 9.17) is 0 Å². The first-order chi connectivity index (χ1) is 12.4. The molecule has 138 valence electrons. The molecule has 0 bridgehead atoms. The number of sulfone groups is 1. The summed E-state index contributed by atoms with van der Waals surface area (Å²) in [5.74, 6) is -0.460. The van der Waals surface area contributed by atoms with E-state index in [1.165, 1.54) is 0 Å². The molecule has 2 aromatic carbocycles. The number of para-hydroxylation sites is 1. The molecular formula is C19H23N3O3S. The van der Waals surface area contributed by atoms with Crippen molar-refractivity contribution >= 4 is 32.8 Å². The molecule has 1 fully saturated rings. The molecule has 3 N–H and O–H groups in total. The standard InChI is InChI=1S/C19H23N3O3S/c1-26(24,25)19(10-12-20-13-11-19)18(23)22-17-9-5-8-16(14-17)21-15-6-3-2-4-7-15/h2-9,14,20-21H,10-13H2,1H3,(H,22,23). The van der Waals surface area contributed by atoms with E-state index >= 15 is 0 Å². The van der Waals surface area contributed by atoms with Crippen LogP contribution in [0.5, 0.6) is 0 Å². The maximum atomic E-state index is 12.9. The highest BCUT2D eigenvalue weighted by Gasteiger charge is 2.48. The summed E-state index contributed by atoms with van der Waals surface area (Å²) in [7, 11) is -3.53. The molecule has 0 radical (unpaired) electrons. The number of anilines is 3. The molecule has 0 atom stereocenters. The van der Waals surface area contributed by atoms with Crippen molar-refractivity contribution in [3.8, 4) is 0 Å². The quantitative estimate of drug-likeness (QED) is 0.750. The zero-order valence-electron chi connectivity index (χ0n) is 14.7. The summed E-state index contributed by atoms with van der Waals surface area (Å²) in [5.41, 5.74) is 2.31. The van der Waals surface area contributed by atoms with E-state index in [1.807, 2.05) is 42.5 Å². The molecule has 1 aliphatic heterocycles. The van der Waals surface area contributed by atoms with Gasteiger partial charge in [0.1, 0.15) is 0 Å². The number of carbonyl (C=O) groups excluding carboxylic acids is 1. The van der Waals surface area contributed by atoms with Gasteiger partial charge in [-0.25, -0.2) is 8.42 Å². The molecule has 0 spiro atoms. The molecule has 0 saturated carbocycles. The predicted molar refractivity (Wildman–Crippen MR) is 104 cm³/mol. The number of piperidine rings is 1. The Bertz CT molecular complexity index is 876. The number of amides is 1. The Balaban J connectivity index is 1.79. The van der Waals surface area contributed by atoms with Crippen molar-refractivity contribution in [2.45, 2.75) is 17.6 Å². The highest BCUT2D eigenvalue weighted by Crippen LogP contribution is 2.30. The van der Waals surface area contributed by atoms with Crippen LogP contribution in [0.1, 0.15) is 12.8 Å². The van der Waals surface area contributed by atoms with E-state index in [9.17, 15) is 13.2 Å².